The van der Waals surface area contributed by atoms with Crippen LogP contribution in [0.2, 0.25) is 5.04 Å². The smallest absolute Gasteiger partial charge is 0.261 e. The van der Waals surface area contributed by atoms with E-state index in [0.717, 1.165) is 18.4 Å². The molecule has 2 rings (SSSR count). The summed E-state index contributed by atoms with van der Waals surface area (Å²) in [5.41, 5.74) is 0.867. The van der Waals surface area contributed by atoms with E-state index in [9.17, 15) is 0 Å². The van der Waals surface area contributed by atoms with E-state index < -0.39 is 8.32 Å². The zero-order chi connectivity index (χ0) is 18.3. The fourth-order valence-corrected chi connectivity index (χ4v) is 7.99. The molecule has 2 nitrogen and oxygen atoms in total. The molecule has 1 N–H and O–H groups in total. The minimum absolute atomic E-state index is 0.00366. The zero-order valence-corrected chi connectivity index (χ0v) is 16.7. The average molecular weight is 355 g/mol. The molecule has 134 valence electrons. The molecule has 3 heteroatoms. The summed E-state index contributed by atoms with van der Waals surface area (Å²) in [5.74, 6) is 0. The van der Waals surface area contributed by atoms with Crippen LogP contribution in [0.1, 0.15) is 33.6 Å². The Morgan fingerprint density at radius 2 is 1.44 bits per heavy atom. The predicted molar refractivity (Wildman–Crippen MR) is 109 cm³/mol. The first-order chi connectivity index (χ1) is 11.9. The molecule has 0 saturated carbocycles. The first kappa shape index (κ1) is 19.6. The third-order valence-corrected chi connectivity index (χ3v) is 9.68. The molecule has 0 unspecified atom stereocenters. The van der Waals surface area contributed by atoms with E-state index in [-0.39, 0.29) is 11.6 Å². The van der Waals surface area contributed by atoms with Crippen molar-refractivity contribution in [2.24, 2.45) is 0 Å². The van der Waals surface area contributed by atoms with Gasteiger partial charge in [-0.15, -0.1) is 0 Å². The van der Waals surface area contributed by atoms with Gasteiger partial charge in [0.2, 0.25) is 0 Å². The van der Waals surface area contributed by atoms with E-state index in [1.165, 1.54) is 10.4 Å². The van der Waals surface area contributed by atoms with Crippen LogP contribution in [0.25, 0.3) is 0 Å². The lowest BCUT2D eigenvalue weighted by atomic mass is 10.2. The summed E-state index contributed by atoms with van der Waals surface area (Å²) in [7, 11) is -2.42. The minimum atomic E-state index is -2.42. The normalized spacial score (nSPS) is 12.2. The van der Waals surface area contributed by atoms with Crippen molar-refractivity contribution in [3.8, 4) is 0 Å². The van der Waals surface area contributed by atoms with E-state index in [2.05, 4.69) is 88.0 Å². The monoisotopic (exact) mass is 354 g/mol. The van der Waals surface area contributed by atoms with E-state index in [1.807, 2.05) is 0 Å². The summed E-state index contributed by atoms with van der Waals surface area (Å²) in [6.45, 7) is 11.5. The lowest BCUT2D eigenvalue weighted by Crippen LogP contribution is -2.66. The predicted octanol–water partition coefficient (Wildman–Crippen LogP) is 3.89. The molecule has 0 aliphatic rings. The molecule has 0 atom stereocenters. The number of hydrogen-bond donors (Lipinski definition) is 1. The van der Waals surface area contributed by atoms with Crippen molar-refractivity contribution < 1.29 is 9.53 Å². The highest BCUT2D eigenvalue weighted by Gasteiger charge is 2.49. The van der Waals surface area contributed by atoms with Gasteiger partial charge in [-0.25, -0.2) is 0 Å². The van der Waals surface area contributed by atoms with Crippen LogP contribution < -0.4 is 10.4 Å². The number of benzene rings is 2. The van der Waals surface area contributed by atoms with Gasteiger partial charge in [-0.1, -0.05) is 93.6 Å². The Morgan fingerprint density at radius 3 is 1.84 bits per heavy atom. The summed E-state index contributed by atoms with van der Waals surface area (Å²) in [5, 5.41) is 11.8. The Morgan fingerprint density at radius 1 is 0.960 bits per heavy atom. The lowest BCUT2D eigenvalue weighted by molar-refractivity contribution is 0.284. The molecule has 0 heterocycles. The Balaban J connectivity index is 2.40. The van der Waals surface area contributed by atoms with E-state index in [4.69, 9.17) is 9.53 Å². The van der Waals surface area contributed by atoms with Crippen LogP contribution in [0, 0.1) is 0 Å². The van der Waals surface area contributed by atoms with Crippen molar-refractivity contribution in [1.82, 2.24) is 0 Å². The molecule has 0 fully saturated rings. The van der Waals surface area contributed by atoms with Gasteiger partial charge in [-0.2, -0.15) is 0 Å². The molecular formula is C22H30O2Si. The molecule has 0 bridgehead atoms. The molecular weight excluding hydrogens is 324 g/mol. The quantitative estimate of drug-likeness (QED) is 0.443. The maximum atomic E-state index is 9.15. The molecule has 0 aliphatic heterocycles. The Hall–Kier alpha value is -1.68. The summed E-state index contributed by atoms with van der Waals surface area (Å²) < 4.78 is 6.78. The van der Waals surface area contributed by atoms with E-state index in [1.54, 1.807) is 0 Å². The van der Waals surface area contributed by atoms with Crippen molar-refractivity contribution in [2.75, 3.05) is 13.2 Å². The Kier molecular flexibility index (Phi) is 6.76. The van der Waals surface area contributed by atoms with Crippen LogP contribution in [-0.2, 0) is 4.43 Å². The van der Waals surface area contributed by atoms with Gasteiger partial charge in [0.15, 0.2) is 0 Å². The standard InChI is InChI=1S/C22H30O2Si/c1-19(18-23)12-11-17-24-25(22(2,3)4,20-13-7-5-8-14-20)21-15-9-6-10-16-21/h5-10,13-16,23H,1,11-12,17-18H2,2-4H3. The van der Waals surface area contributed by atoms with Gasteiger partial charge in [0, 0.05) is 6.61 Å². The number of hydrogen-bond acceptors (Lipinski definition) is 2. The molecule has 2 aromatic rings. The molecule has 0 aromatic heterocycles. The lowest BCUT2D eigenvalue weighted by Gasteiger charge is -2.43. The zero-order valence-electron chi connectivity index (χ0n) is 15.7. The van der Waals surface area contributed by atoms with Gasteiger partial charge in [-0.3, -0.25) is 0 Å². The fraction of sp³-hybridized carbons (Fsp3) is 0.364. The second-order valence-corrected chi connectivity index (χ2v) is 11.8. The Bertz CT molecular complexity index is 620. The van der Waals surface area contributed by atoms with Gasteiger partial charge in [-0.05, 0) is 28.3 Å². The van der Waals surface area contributed by atoms with Crippen molar-refractivity contribution in [2.45, 2.75) is 38.7 Å². The van der Waals surface area contributed by atoms with Crippen LogP contribution in [0.5, 0.6) is 0 Å². The highest BCUT2D eigenvalue weighted by atomic mass is 28.4. The number of aliphatic hydroxyl groups is 1. The highest BCUT2D eigenvalue weighted by molar-refractivity contribution is 6.99. The summed E-state index contributed by atoms with van der Waals surface area (Å²) >= 11 is 0. The maximum Gasteiger partial charge on any atom is 0.261 e. The summed E-state index contributed by atoms with van der Waals surface area (Å²) in [4.78, 5) is 0. The molecule has 0 aliphatic carbocycles. The second-order valence-electron chi connectivity index (χ2n) is 7.52. The van der Waals surface area contributed by atoms with Crippen LogP contribution in [0.15, 0.2) is 72.8 Å². The van der Waals surface area contributed by atoms with Gasteiger partial charge in [0.05, 0.1) is 6.61 Å². The van der Waals surface area contributed by atoms with Gasteiger partial charge < -0.3 is 9.53 Å². The van der Waals surface area contributed by atoms with Crippen LogP contribution in [0.4, 0.5) is 0 Å². The topological polar surface area (TPSA) is 29.5 Å². The van der Waals surface area contributed by atoms with E-state index >= 15 is 0 Å². The molecule has 25 heavy (non-hydrogen) atoms. The summed E-state index contributed by atoms with van der Waals surface area (Å²) in [6.07, 6.45) is 1.68. The van der Waals surface area contributed by atoms with Crippen molar-refractivity contribution in [3.05, 3.63) is 72.8 Å². The highest BCUT2D eigenvalue weighted by Crippen LogP contribution is 2.36. The maximum absolute atomic E-state index is 9.15. The van der Waals surface area contributed by atoms with Gasteiger partial charge in [0.1, 0.15) is 0 Å². The SMILES string of the molecule is C=C(CO)CCCO[Si](c1ccccc1)(c1ccccc1)C(C)(C)C. The third-order valence-electron chi connectivity index (χ3n) is 4.63. The number of rotatable bonds is 8. The van der Waals surface area contributed by atoms with Crippen molar-refractivity contribution in [1.29, 1.82) is 0 Å². The average Bonchev–Trinajstić information content (AvgIpc) is 2.62. The minimum Gasteiger partial charge on any atom is -0.407 e. The van der Waals surface area contributed by atoms with Gasteiger partial charge >= 0.3 is 0 Å². The fourth-order valence-electron chi connectivity index (χ4n) is 3.39. The Labute approximate surface area is 153 Å². The molecule has 0 saturated heterocycles. The first-order valence-electron chi connectivity index (χ1n) is 8.94. The first-order valence-corrected chi connectivity index (χ1v) is 10.8. The van der Waals surface area contributed by atoms with E-state index in [0.29, 0.717) is 6.61 Å². The molecule has 2 aromatic carbocycles. The van der Waals surface area contributed by atoms with Crippen molar-refractivity contribution in [3.63, 3.8) is 0 Å². The second kappa shape index (κ2) is 8.61. The largest absolute Gasteiger partial charge is 0.407 e. The molecule has 0 spiro atoms. The van der Waals surface area contributed by atoms with Gasteiger partial charge in [0.25, 0.3) is 8.32 Å². The third kappa shape index (κ3) is 4.49. The van der Waals surface area contributed by atoms with Crippen LogP contribution in [-0.4, -0.2) is 26.6 Å². The van der Waals surface area contributed by atoms with Crippen molar-refractivity contribution >= 4 is 18.7 Å². The molecule has 0 amide bonds. The van der Waals surface area contributed by atoms with Crippen LogP contribution >= 0.6 is 0 Å². The molecule has 0 radical (unpaired) electrons. The number of aliphatic hydroxyl groups excluding tert-OH is 1. The van der Waals surface area contributed by atoms with Crippen LogP contribution in [0.3, 0.4) is 0 Å². The summed E-state index contributed by atoms with van der Waals surface area (Å²) in [6, 6.07) is 21.3.